The predicted molar refractivity (Wildman–Crippen MR) is 118 cm³/mol. The van der Waals surface area contributed by atoms with Crippen LogP contribution in [0.4, 0.5) is 0 Å². The standard InChI is InChI=1S/C25H33N3O2/c1-2-21(22-6-4-3-5-7-22)17-26-25(29)19-28-13-11-27(12-14-28)18-20-8-9-24-23(16-20)10-15-30-24/h3-9,16,21H,2,10-15,17-19H2,1H3,(H,26,29)/p+2/t21-/m1/s1. The van der Waals surface area contributed by atoms with Gasteiger partial charge in [-0.15, -0.1) is 0 Å². The fraction of sp³-hybridized carbons (Fsp3) is 0.480. The summed E-state index contributed by atoms with van der Waals surface area (Å²) >= 11 is 0. The minimum absolute atomic E-state index is 0.182. The molecule has 1 atom stereocenters. The van der Waals surface area contributed by atoms with E-state index in [9.17, 15) is 4.79 Å². The summed E-state index contributed by atoms with van der Waals surface area (Å²) in [6.07, 6.45) is 2.07. The first kappa shape index (κ1) is 20.9. The van der Waals surface area contributed by atoms with E-state index in [0.717, 1.165) is 64.5 Å². The van der Waals surface area contributed by atoms with Crippen molar-refractivity contribution in [2.75, 3.05) is 45.9 Å². The summed E-state index contributed by atoms with van der Waals surface area (Å²) < 4.78 is 5.61. The molecular weight excluding hydrogens is 374 g/mol. The second-order valence-corrected chi connectivity index (χ2v) is 8.71. The molecule has 2 heterocycles. The van der Waals surface area contributed by atoms with Crippen molar-refractivity contribution in [2.24, 2.45) is 0 Å². The molecule has 0 radical (unpaired) electrons. The molecule has 0 aliphatic carbocycles. The van der Waals surface area contributed by atoms with Crippen molar-refractivity contribution in [3.05, 3.63) is 65.2 Å². The number of ether oxygens (including phenoxy) is 1. The Kier molecular flexibility index (Phi) is 7.03. The van der Waals surface area contributed by atoms with Crippen LogP contribution in [0.25, 0.3) is 0 Å². The number of amides is 1. The smallest absolute Gasteiger partial charge is 0.275 e. The summed E-state index contributed by atoms with van der Waals surface area (Å²) in [6.45, 7) is 9.77. The lowest BCUT2D eigenvalue weighted by Crippen LogP contribution is -3.28. The average molecular weight is 410 g/mol. The van der Waals surface area contributed by atoms with Gasteiger partial charge in [0.15, 0.2) is 6.54 Å². The van der Waals surface area contributed by atoms with E-state index in [1.54, 1.807) is 4.90 Å². The summed E-state index contributed by atoms with van der Waals surface area (Å²) in [5, 5.41) is 3.18. The Morgan fingerprint density at radius 2 is 1.83 bits per heavy atom. The van der Waals surface area contributed by atoms with Crippen LogP contribution < -0.4 is 19.9 Å². The first-order valence-corrected chi connectivity index (χ1v) is 11.4. The zero-order valence-corrected chi connectivity index (χ0v) is 18.1. The number of nitrogens with one attached hydrogen (secondary N) is 3. The first-order valence-electron chi connectivity index (χ1n) is 11.4. The van der Waals surface area contributed by atoms with Crippen LogP contribution in [0, 0.1) is 0 Å². The molecule has 4 rings (SSSR count). The first-order chi connectivity index (χ1) is 14.7. The Labute approximate surface area is 180 Å². The third kappa shape index (κ3) is 5.41. The molecule has 0 unspecified atom stereocenters. The highest BCUT2D eigenvalue weighted by atomic mass is 16.5. The Hall–Kier alpha value is -2.37. The molecule has 1 fully saturated rings. The lowest BCUT2D eigenvalue weighted by Gasteiger charge is -2.29. The highest BCUT2D eigenvalue weighted by Crippen LogP contribution is 2.25. The molecule has 1 amide bonds. The maximum absolute atomic E-state index is 12.5. The van der Waals surface area contributed by atoms with E-state index in [2.05, 4.69) is 54.7 Å². The van der Waals surface area contributed by atoms with Crippen molar-refractivity contribution in [1.82, 2.24) is 5.32 Å². The third-order valence-electron chi connectivity index (χ3n) is 6.59. The fourth-order valence-corrected chi connectivity index (χ4v) is 4.70. The molecule has 0 saturated carbocycles. The molecule has 5 heteroatoms. The van der Waals surface area contributed by atoms with Crippen LogP contribution in [0.15, 0.2) is 48.5 Å². The number of hydrogen-bond donors (Lipinski definition) is 3. The Morgan fingerprint density at radius 1 is 1.07 bits per heavy atom. The zero-order chi connectivity index (χ0) is 20.8. The van der Waals surface area contributed by atoms with Crippen molar-refractivity contribution in [2.45, 2.75) is 32.2 Å². The summed E-state index contributed by atoms with van der Waals surface area (Å²) in [6, 6.07) is 17.1. The van der Waals surface area contributed by atoms with Gasteiger partial charge >= 0.3 is 0 Å². The quantitative estimate of drug-likeness (QED) is 0.584. The molecule has 2 aliphatic rings. The maximum atomic E-state index is 12.5. The highest BCUT2D eigenvalue weighted by molar-refractivity contribution is 5.76. The number of fused-ring (bicyclic) bond motifs is 1. The van der Waals surface area contributed by atoms with E-state index in [1.807, 2.05) is 6.07 Å². The summed E-state index contributed by atoms with van der Waals surface area (Å²) in [4.78, 5) is 15.5. The number of rotatable bonds is 8. The van der Waals surface area contributed by atoms with Gasteiger partial charge in [0.1, 0.15) is 38.5 Å². The predicted octanol–water partition coefficient (Wildman–Crippen LogP) is 0.215. The van der Waals surface area contributed by atoms with Crippen LogP contribution in [0.2, 0.25) is 0 Å². The van der Waals surface area contributed by atoms with Crippen LogP contribution in [-0.2, 0) is 17.8 Å². The number of carbonyl (C=O) groups is 1. The number of hydrogen-bond acceptors (Lipinski definition) is 2. The summed E-state index contributed by atoms with van der Waals surface area (Å²) in [5.74, 6) is 1.64. The van der Waals surface area contributed by atoms with Gasteiger partial charge in [0, 0.05) is 24.4 Å². The van der Waals surface area contributed by atoms with E-state index in [4.69, 9.17) is 4.74 Å². The molecule has 2 aromatic carbocycles. The second kappa shape index (κ2) is 10.1. The summed E-state index contributed by atoms with van der Waals surface area (Å²) in [5.41, 5.74) is 4.07. The number of benzene rings is 2. The summed E-state index contributed by atoms with van der Waals surface area (Å²) in [7, 11) is 0. The van der Waals surface area contributed by atoms with Gasteiger partial charge in [0.2, 0.25) is 0 Å². The van der Waals surface area contributed by atoms with Crippen molar-refractivity contribution in [3.8, 4) is 5.75 Å². The number of carbonyl (C=O) groups excluding carboxylic acids is 1. The van der Waals surface area contributed by atoms with Gasteiger partial charge in [0.25, 0.3) is 5.91 Å². The largest absolute Gasteiger partial charge is 0.493 e. The minimum atomic E-state index is 0.182. The third-order valence-corrected chi connectivity index (χ3v) is 6.59. The van der Waals surface area contributed by atoms with Crippen molar-refractivity contribution >= 4 is 5.91 Å². The van der Waals surface area contributed by atoms with E-state index in [0.29, 0.717) is 12.5 Å². The number of quaternary nitrogens is 2. The van der Waals surface area contributed by atoms with E-state index in [1.165, 1.54) is 21.6 Å². The second-order valence-electron chi connectivity index (χ2n) is 8.71. The molecule has 0 bridgehead atoms. The molecule has 2 aliphatic heterocycles. The Balaban J connectivity index is 1.18. The van der Waals surface area contributed by atoms with Crippen LogP contribution in [0.1, 0.15) is 36.0 Å². The minimum Gasteiger partial charge on any atom is -0.493 e. The van der Waals surface area contributed by atoms with Crippen molar-refractivity contribution in [1.29, 1.82) is 0 Å². The van der Waals surface area contributed by atoms with Gasteiger partial charge in [-0.3, -0.25) is 4.79 Å². The van der Waals surface area contributed by atoms with Gasteiger partial charge in [-0.2, -0.15) is 0 Å². The molecule has 2 aromatic rings. The average Bonchev–Trinajstić information content (AvgIpc) is 3.24. The van der Waals surface area contributed by atoms with Gasteiger partial charge < -0.3 is 19.9 Å². The molecule has 3 N–H and O–H groups in total. The molecule has 5 nitrogen and oxygen atoms in total. The molecule has 1 saturated heterocycles. The van der Waals surface area contributed by atoms with Gasteiger partial charge in [-0.25, -0.2) is 0 Å². The molecule has 0 aromatic heterocycles. The lowest BCUT2D eigenvalue weighted by atomic mass is 9.96. The van der Waals surface area contributed by atoms with Crippen LogP contribution in [-0.4, -0.2) is 51.8 Å². The van der Waals surface area contributed by atoms with Crippen LogP contribution >= 0.6 is 0 Å². The zero-order valence-electron chi connectivity index (χ0n) is 18.1. The van der Waals surface area contributed by atoms with E-state index >= 15 is 0 Å². The highest BCUT2D eigenvalue weighted by Gasteiger charge is 2.25. The van der Waals surface area contributed by atoms with Gasteiger partial charge in [-0.05, 0) is 35.7 Å². The van der Waals surface area contributed by atoms with Crippen LogP contribution in [0.3, 0.4) is 0 Å². The Bertz CT molecular complexity index is 832. The SMILES string of the molecule is CC[C@H](CNC(=O)C[NH+]1CC[NH+](Cc2ccc3c(c2)CCO3)CC1)c1ccccc1. The molecular formula is C25H35N3O2+2. The van der Waals surface area contributed by atoms with E-state index < -0.39 is 0 Å². The Morgan fingerprint density at radius 3 is 2.60 bits per heavy atom. The maximum Gasteiger partial charge on any atom is 0.275 e. The topological polar surface area (TPSA) is 47.2 Å². The monoisotopic (exact) mass is 409 g/mol. The number of piperazine rings is 1. The van der Waals surface area contributed by atoms with E-state index in [-0.39, 0.29) is 5.91 Å². The fourth-order valence-electron chi connectivity index (χ4n) is 4.70. The normalized spacial score (nSPS) is 21.5. The lowest BCUT2D eigenvalue weighted by molar-refractivity contribution is -1.02. The van der Waals surface area contributed by atoms with Gasteiger partial charge in [0.05, 0.1) is 6.61 Å². The molecule has 30 heavy (non-hydrogen) atoms. The van der Waals surface area contributed by atoms with Crippen LogP contribution in [0.5, 0.6) is 5.75 Å². The van der Waals surface area contributed by atoms with Crippen molar-refractivity contribution < 1.29 is 19.3 Å². The molecule has 160 valence electrons. The van der Waals surface area contributed by atoms with Crippen molar-refractivity contribution in [3.63, 3.8) is 0 Å². The van der Waals surface area contributed by atoms with Gasteiger partial charge in [-0.1, -0.05) is 37.3 Å². The molecule has 0 spiro atoms.